The van der Waals surface area contributed by atoms with Crippen molar-refractivity contribution in [2.45, 2.75) is 45.1 Å². The molecule has 0 radical (unpaired) electrons. The zero-order valence-electron chi connectivity index (χ0n) is 12.8. The second kappa shape index (κ2) is 4.86. The van der Waals surface area contributed by atoms with E-state index in [1.54, 1.807) is 9.58 Å². The minimum Gasteiger partial charge on any atom is -0.342 e. The molecule has 2 heterocycles. The molecule has 1 aromatic rings. The molecule has 1 aliphatic heterocycles. The van der Waals surface area contributed by atoms with Gasteiger partial charge in [-0.05, 0) is 32.1 Å². The van der Waals surface area contributed by atoms with Gasteiger partial charge in [0.15, 0.2) is 0 Å². The first-order valence-electron chi connectivity index (χ1n) is 7.61. The van der Waals surface area contributed by atoms with Crippen LogP contribution >= 0.6 is 0 Å². The normalized spacial score (nSPS) is 26.7. The molecule has 1 aliphatic carbocycles. The molecule has 0 spiro atoms. The summed E-state index contributed by atoms with van der Waals surface area (Å²) in [6.45, 7) is 4.31. The molecular weight excluding hydrogens is 268 g/mol. The van der Waals surface area contributed by atoms with Gasteiger partial charge in [0.05, 0.1) is 11.4 Å². The number of carbonyl (C=O) groups excluding carboxylic acids is 2. The van der Waals surface area contributed by atoms with E-state index in [1.165, 1.54) is 0 Å². The third-order valence-electron chi connectivity index (χ3n) is 4.55. The second-order valence-corrected chi connectivity index (χ2v) is 6.22. The van der Waals surface area contributed by atoms with E-state index in [2.05, 4.69) is 10.4 Å². The number of aryl methyl sites for hydroxylation is 2. The zero-order valence-corrected chi connectivity index (χ0v) is 12.8. The van der Waals surface area contributed by atoms with Crippen molar-refractivity contribution in [1.82, 2.24) is 15.1 Å². The Kier molecular flexibility index (Phi) is 3.26. The summed E-state index contributed by atoms with van der Waals surface area (Å²) in [5, 5.41) is 7.37. The lowest BCUT2D eigenvalue weighted by Gasteiger charge is -2.32. The van der Waals surface area contributed by atoms with Crippen LogP contribution in [0.1, 0.15) is 38.8 Å². The van der Waals surface area contributed by atoms with E-state index in [0.29, 0.717) is 13.0 Å². The number of rotatable bonds is 3. The maximum atomic E-state index is 13.0. The van der Waals surface area contributed by atoms with Gasteiger partial charge in [-0.25, -0.2) is 0 Å². The van der Waals surface area contributed by atoms with Gasteiger partial charge >= 0.3 is 0 Å². The maximum absolute atomic E-state index is 13.0. The molecule has 2 fully saturated rings. The predicted molar refractivity (Wildman–Crippen MR) is 78.8 cm³/mol. The van der Waals surface area contributed by atoms with E-state index in [9.17, 15) is 9.59 Å². The summed E-state index contributed by atoms with van der Waals surface area (Å²) in [6, 6.07) is 0. The van der Waals surface area contributed by atoms with Crippen molar-refractivity contribution in [1.29, 1.82) is 0 Å². The molecule has 0 aromatic carbocycles. The molecule has 1 saturated heterocycles. The molecule has 2 aliphatic rings. The van der Waals surface area contributed by atoms with Crippen LogP contribution in [0.4, 0.5) is 5.69 Å². The molecule has 1 aromatic heterocycles. The van der Waals surface area contributed by atoms with Crippen LogP contribution in [0.3, 0.4) is 0 Å². The van der Waals surface area contributed by atoms with Crippen molar-refractivity contribution in [3.8, 4) is 0 Å². The Balaban J connectivity index is 2.00. The summed E-state index contributed by atoms with van der Waals surface area (Å²) >= 11 is 0. The van der Waals surface area contributed by atoms with Crippen molar-refractivity contribution < 1.29 is 9.59 Å². The van der Waals surface area contributed by atoms with E-state index in [0.717, 1.165) is 30.6 Å². The van der Waals surface area contributed by atoms with Gasteiger partial charge in [0.2, 0.25) is 5.91 Å². The van der Waals surface area contributed by atoms with Crippen LogP contribution in [-0.2, 0) is 23.1 Å². The number of hydrogen-bond acceptors (Lipinski definition) is 3. The molecule has 1 atom stereocenters. The molecule has 114 valence electrons. The fourth-order valence-electron chi connectivity index (χ4n) is 3.17. The summed E-state index contributed by atoms with van der Waals surface area (Å²) in [4.78, 5) is 26.8. The summed E-state index contributed by atoms with van der Waals surface area (Å²) in [5.41, 5.74) is 0.973. The van der Waals surface area contributed by atoms with Crippen LogP contribution < -0.4 is 10.2 Å². The van der Waals surface area contributed by atoms with Gasteiger partial charge in [0, 0.05) is 26.2 Å². The number of anilines is 1. The maximum Gasteiger partial charge on any atom is 0.252 e. The smallest absolute Gasteiger partial charge is 0.252 e. The Morgan fingerprint density at radius 2 is 2.14 bits per heavy atom. The fraction of sp³-hybridized carbons (Fsp3) is 0.667. The van der Waals surface area contributed by atoms with E-state index in [-0.39, 0.29) is 17.7 Å². The van der Waals surface area contributed by atoms with Gasteiger partial charge in [-0.1, -0.05) is 6.92 Å². The lowest BCUT2D eigenvalue weighted by molar-refractivity contribution is -0.130. The van der Waals surface area contributed by atoms with Gasteiger partial charge in [0.1, 0.15) is 5.54 Å². The topological polar surface area (TPSA) is 67.2 Å². The molecule has 0 bridgehead atoms. The average Bonchev–Trinajstić information content (AvgIpc) is 3.23. The van der Waals surface area contributed by atoms with Crippen LogP contribution in [0, 0.1) is 5.92 Å². The Morgan fingerprint density at radius 1 is 1.43 bits per heavy atom. The minimum atomic E-state index is -0.769. The van der Waals surface area contributed by atoms with Crippen molar-refractivity contribution >= 4 is 17.5 Å². The van der Waals surface area contributed by atoms with E-state index >= 15 is 0 Å². The third-order valence-corrected chi connectivity index (χ3v) is 4.55. The molecule has 1 saturated carbocycles. The predicted octanol–water partition coefficient (Wildman–Crippen LogP) is 1.00. The standard InChI is InChI=1S/C15H22N4O2/c1-4-11-12(9-18(3)17-11)19-8-7-13(20)16-15(2,14(19)21)10-5-6-10/h9-10H,4-8H2,1-3H3,(H,16,20). The van der Waals surface area contributed by atoms with Crippen molar-refractivity contribution in [2.24, 2.45) is 13.0 Å². The molecular formula is C15H22N4O2. The molecule has 1 unspecified atom stereocenters. The van der Waals surface area contributed by atoms with Crippen LogP contribution in [0.5, 0.6) is 0 Å². The highest BCUT2D eigenvalue weighted by atomic mass is 16.2. The summed E-state index contributed by atoms with van der Waals surface area (Å²) < 4.78 is 1.73. The zero-order chi connectivity index (χ0) is 15.2. The number of nitrogens with one attached hydrogen (secondary N) is 1. The van der Waals surface area contributed by atoms with Crippen molar-refractivity contribution in [3.63, 3.8) is 0 Å². The first kappa shape index (κ1) is 14.1. The van der Waals surface area contributed by atoms with Crippen molar-refractivity contribution in [3.05, 3.63) is 11.9 Å². The highest BCUT2D eigenvalue weighted by Gasteiger charge is 2.51. The fourth-order valence-corrected chi connectivity index (χ4v) is 3.17. The monoisotopic (exact) mass is 290 g/mol. The Morgan fingerprint density at radius 3 is 2.76 bits per heavy atom. The van der Waals surface area contributed by atoms with Gasteiger partial charge < -0.3 is 10.2 Å². The van der Waals surface area contributed by atoms with E-state index < -0.39 is 5.54 Å². The number of aromatic nitrogens is 2. The molecule has 6 heteroatoms. The van der Waals surface area contributed by atoms with Gasteiger partial charge in [-0.2, -0.15) is 5.10 Å². The van der Waals surface area contributed by atoms with Crippen LogP contribution in [0.25, 0.3) is 0 Å². The Bertz CT molecular complexity index is 590. The lowest BCUT2D eigenvalue weighted by atomic mass is 9.94. The van der Waals surface area contributed by atoms with Gasteiger partial charge in [-0.15, -0.1) is 0 Å². The third kappa shape index (κ3) is 2.32. The first-order valence-corrected chi connectivity index (χ1v) is 7.61. The molecule has 6 nitrogen and oxygen atoms in total. The second-order valence-electron chi connectivity index (χ2n) is 6.22. The van der Waals surface area contributed by atoms with E-state index in [1.807, 2.05) is 27.1 Å². The molecule has 3 rings (SSSR count). The van der Waals surface area contributed by atoms with Crippen molar-refractivity contribution in [2.75, 3.05) is 11.4 Å². The average molecular weight is 290 g/mol. The number of hydrogen-bond donors (Lipinski definition) is 1. The molecule has 2 amide bonds. The molecule has 21 heavy (non-hydrogen) atoms. The highest BCUT2D eigenvalue weighted by Crippen LogP contribution is 2.42. The van der Waals surface area contributed by atoms with Gasteiger partial charge in [-0.3, -0.25) is 14.3 Å². The first-order chi connectivity index (χ1) is 9.95. The SMILES string of the molecule is CCc1nn(C)cc1N1CCC(=O)NC(C)(C2CC2)C1=O. The minimum absolute atomic E-state index is 0.00134. The van der Waals surface area contributed by atoms with Crippen LogP contribution in [-0.4, -0.2) is 33.7 Å². The number of amides is 2. The highest BCUT2D eigenvalue weighted by molar-refractivity contribution is 6.04. The summed E-state index contributed by atoms with van der Waals surface area (Å²) in [5.74, 6) is 0.219. The Labute approximate surface area is 124 Å². The number of nitrogens with zero attached hydrogens (tertiary/aromatic N) is 3. The van der Waals surface area contributed by atoms with Crippen LogP contribution in [0.15, 0.2) is 6.20 Å². The number of carbonyl (C=O) groups is 2. The summed E-state index contributed by atoms with van der Waals surface area (Å²) in [6.07, 6.45) is 4.99. The molecule has 1 N–H and O–H groups in total. The van der Waals surface area contributed by atoms with E-state index in [4.69, 9.17) is 0 Å². The quantitative estimate of drug-likeness (QED) is 0.903. The van der Waals surface area contributed by atoms with Crippen LogP contribution in [0.2, 0.25) is 0 Å². The largest absolute Gasteiger partial charge is 0.342 e. The van der Waals surface area contributed by atoms with Gasteiger partial charge in [0.25, 0.3) is 5.91 Å². The lowest BCUT2D eigenvalue weighted by Crippen LogP contribution is -2.57. The Hall–Kier alpha value is -1.85. The summed E-state index contributed by atoms with van der Waals surface area (Å²) in [7, 11) is 1.86.